The number of carbonyl (C=O) groups excluding carboxylic acids is 2. The van der Waals surface area contributed by atoms with Gasteiger partial charge in [-0.1, -0.05) is 0 Å². The fourth-order valence-corrected chi connectivity index (χ4v) is 2.52. The number of hydrogen-bond acceptors (Lipinski definition) is 4. The van der Waals surface area contributed by atoms with Gasteiger partial charge in [-0.15, -0.1) is 0 Å². The van der Waals surface area contributed by atoms with Crippen LogP contribution >= 0.6 is 0 Å². The minimum absolute atomic E-state index is 0.0302. The topological polar surface area (TPSA) is 64.6 Å². The highest BCUT2D eigenvalue weighted by atomic mass is 16.6. The molecule has 0 unspecified atom stereocenters. The molecule has 5 heteroatoms. The van der Waals surface area contributed by atoms with Crippen molar-refractivity contribution in [2.24, 2.45) is 5.92 Å². The zero-order valence-electron chi connectivity index (χ0n) is 10.4. The van der Waals surface area contributed by atoms with Crippen LogP contribution in [0.4, 0.5) is 4.79 Å². The third-order valence-corrected chi connectivity index (χ3v) is 3.17. The second kappa shape index (κ2) is 4.29. The molecule has 1 N–H and O–H groups in total. The van der Waals surface area contributed by atoms with Gasteiger partial charge in [0.05, 0.1) is 24.2 Å². The van der Waals surface area contributed by atoms with Crippen LogP contribution in [0.15, 0.2) is 0 Å². The molecule has 2 aliphatic rings. The summed E-state index contributed by atoms with van der Waals surface area (Å²) in [5, 5.41) is 2.75. The predicted octanol–water partition coefficient (Wildman–Crippen LogP) is 1.26. The molecule has 0 aromatic rings. The summed E-state index contributed by atoms with van der Waals surface area (Å²) in [5.74, 6) is -0.235. The van der Waals surface area contributed by atoms with Gasteiger partial charge >= 0.3 is 6.09 Å². The first-order chi connectivity index (χ1) is 7.90. The Morgan fingerprint density at radius 3 is 2.59 bits per heavy atom. The van der Waals surface area contributed by atoms with Crippen LogP contribution in [0.1, 0.15) is 33.6 Å². The van der Waals surface area contributed by atoms with E-state index in [0.29, 0.717) is 0 Å². The number of ether oxygens (including phenoxy) is 2. The van der Waals surface area contributed by atoms with E-state index in [1.54, 1.807) is 20.8 Å². The van der Waals surface area contributed by atoms with E-state index in [2.05, 4.69) is 5.32 Å². The molecule has 2 aliphatic heterocycles. The standard InChI is InChI=1S/C12H19NO4/c1-12(2,3)17-11(15)13-10-7(6-14)8-4-5-9(10)16-8/h6-10H,4-5H2,1-3H3,(H,13,15)/t7-,8+,9-,10-/m0/s1. The molecule has 2 heterocycles. The Morgan fingerprint density at radius 1 is 1.35 bits per heavy atom. The minimum Gasteiger partial charge on any atom is -0.444 e. The van der Waals surface area contributed by atoms with Crippen LogP contribution in [0, 0.1) is 5.92 Å². The lowest BCUT2D eigenvalue weighted by atomic mass is 9.85. The van der Waals surface area contributed by atoms with Gasteiger partial charge in [0.25, 0.3) is 0 Å². The molecular formula is C12H19NO4. The summed E-state index contributed by atoms with van der Waals surface area (Å²) in [6, 6.07) is -0.235. The van der Waals surface area contributed by atoms with Crippen LogP contribution in [0.2, 0.25) is 0 Å². The van der Waals surface area contributed by atoms with Gasteiger partial charge in [0, 0.05) is 0 Å². The Kier molecular flexibility index (Phi) is 3.12. The van der Waals surface area contributed by atoms with E-state index in [1.807, 2.05) is 0 Å². The van der Waals surface area contributed by atoms with Crippen molar-refractivity contribution in [1.82, 2.24) is 5.32 Å². The summed E-state index contributed by atoms with van der Waals surface area (Å²) in [4.78, 5) is 22.6. The van der Waals surface area contributed by atoms with Gasteiger partial charge < -0.3 is 19.6 Å². The number of carbonyl (C=O) groups is 2. The number of amides is 1. The van der Waals surface area contributed by atoms with E-state index < -0.39 is 11.7 Å². The molecule has 2 bridgehead atoms. The molecule has 2 saturated heterocycles. The van der Waals surface area contributed by atoms with Crippen LogP contribution in [0.25, 0.3) is 0 Å². The highest BCUT2D eigenvalue weighted by Gasteiger charge is 2.49. The monoisotopic (exact) mass is 241 g/mol. The molecule has 0 spiro atoms. The van der Waals surface area contributed by atoms with Crippen molar-refractivity contribution in [3.63, 3.8) is 0 Å². The van der Waals surface area contributed by atoms with Crippen molar-refractivity contribution < 1.29 is 19.1 Å². The smallest absolute Gasteiger partial charge is 0.407 e. The molecular weight excluding hydrogens is 222 g/mol. The van der Waals surface area contributed by atoms with E-state index >= 15 is 0 Å². The molecule has 2 fully saturated rings. The molecule has 0 aromatic carbocycles. The Balaban J connectivity index is 1.94. The Hall–Kier alpha value is -1.10. The largest absolute Gasteiger partial charge is 0.444 e. The lowest BCUT2D eigenvalue weighted by Gasteiger charge is -2.27. The number of aldehydes is 1. The molecule has 4 atom stereocenters. The van der Waals surface area contributed by atoms with Crippen molar-refractivity contribution in [2.45, 2.75) is 57.5 Å². The molecule has 2 rings (SSSR count). The van der Waals surface area contributed by atoms with Crippen LogP contribution in [-0.4, -0.2) is 36.2 Å². The number of fused-ring (bicyclic) bond motifs is 2. The number of rotatable bonds is 2. The SMILES string of the molecule is CC(C)(C)OC(=O)N[C@H]1[C@@H](C=O)[C@H]2CC[C@@H]1O2. The van der Waals surface area contributed by atoms with E-state index in [9.17, 15) is 9.59 Å². The Morgan fingerprint density at radius 2 is 2.00 bits per heavy atom. The number of hydrogen-bond donors (Lipinski definition) is 1. The zero-order chi connectivity index (χ0) is 12.6. The number of nitrogens with one attached hydrogen (secondary N) is 1. The van der Waals surface area contributed by atoms with Crippen LogP contribution in [-0.2, 0) is 14.3 Å². The van der Waals surface area contributed by atoms with Gasteiger partial charge in [0.15, 0.2) is 0 Å². The summed E-state index contributed by atoms with van der Waals surface area (Å²) in [6.07, 6.45) is 2.13. The maximum absolute atomic E-state index is 11.6. The van der Waals surface area contributed by atoms with Crippen LogP contribution in [0.5, 0.6) is 0 Å². The first kappa shape index (κ1) is 12.4. The quantitative estimate of drug-likeness (QED) is 0.739. The molecule has 0 aliphatic carbocycles. The highest BCUT2D eigenvalue weighted by Crippen LogP contribution is 2.38. The van der Waals surface area contributed by atoms with E-state index in [4.69, 9.17) is 9.47 Å². The van der Waals surface area contributed by atoms with Crippen LogP contribution < -0.4 is 5.32 Å². The highest BCUT2D eigenvalue weighted by molar-refractivity contribution is 5.70. The van der Waals surface area contributed by atoms with Gasteiger partial charge in [-0.3, -0.25) is 0 Å². The van der Waals surface area contributed by atoms with Crippen molar-refractivity contribution in [3.05, 3.63) is 0 Å². The van der Waals surface area contributed by atoms with Crippen molar-refractivity contribution >= 4 is 12.4 Å². The summed E-state index contributed by atoms with van der Waals surface area (Å²) in [6.45, 7) is 5.42. The summed E-state index contributed by atoms with van der Waals surface area (Å²) in [5.41, 5.74) is -0.529. The third-order valence-electron chi connectivity index (χ3n) is 3.17. The maximum atomic E-state index is 11.6. The molecule has 0 aromatic heterocycles. The average Bonchev–Trinajstić information content (AvgIpc) is 2.74. The molecule has 0 saturated carbocycles. The van der Waals surface area contributed by atoms with Gasteiger partial charge in [-0.25, -0.2) is 4.79 Å². The first-order valence-corrected chi connectivity index (χ1v) is 6.01. The lowest BCUT2D eigenvalue weighted by Crippen LogP contribution is -2.48. The third kappa shape index (κ3) is 2.60. The molecule has 5 nitrogen and oxygen atoms in total. The molecule has 96 valence electrons. The zero-order valence-corrected chi connectivity index (χ0v) is 10.4. The normalized spacial score (nSPS) is 35.7. The van der Waals surface area contributed by atoms with Gasteiger partial charge in [0.1, 0.15) is 11.9 Å². The summed E-state index contributed by atoms with van der Waals surface area (Å²) < 4.78 is 10.8. The lowest BCUT2D eigenvalue weighted by molar-refractivity contribution is -0.112. The van der Waals surface area contributed by atoms with E-state index in [1.165, 1.54) is 0 Å². The van der Waals surface area contributed by atoms with E-state index in [0.717, 1.165) is 19.1 Å². The second-order valence-corrected chi connectivity index (χ2v) is 5.68. The molecule has 1 amide bonds. The van der Waals surface area contributed by atoms with Crippen molar-refractivity contribution in [1.29, 1.82) is 0 Å². The maximum Gasteiger partial charge on any atom is 0.407 e. The Labute approximate surface area is 101 Å². The van der Waals surface area contributed by atoms with Gasteiger partial charge in [-0.2, -0.15) is 0 Å². The fraction of sp³-hybridized carbons (Fsp3) is 0.833. The van der Waals surface area contributed by atoms with E-state index in [-0.39, 0.29) is 24.2 Å². The van der Waals surface area contributed by atoms with Crippen molar-refractivity contribution in [2.75, 3.05) is 0 Å². The predicted molar refractivity (Wildman–Crippen MR) is 60.6 cm³/mol. The van der Waals surface area contributed by atoms with Gasteiger partial charge in [0.2, 0.25) is 0 Å². The molecule has 17 heavy (non-hydrogen) atoms. The molecule has 0 radical (unpaired) electrons. The van der Waals surface area contributed by atoms with Crippen molar-refractivity contribution in [3.8, 4) is 0 Å². The van der Waals surface area contributed by atoms with Crippen LogP contribution in [0.3, 0.4) is 0 Å². The fourth-order valence-electron chi connectivity index (χ4n) is 2.52. The second-order valence-electron chi connectivity index (χ2n) is 5.68. The Bertz CT molecular complexity index is 323. The first-order valence-electron chi connectivity index (χ1n) is 6.01. The average molecular weight is 241 g/mol. The summed E-state index contributed by atoms with van der Waals surface area (Å²) >= 11 is 0. The summed E-state index contributed by atoms with van der Waals surface area (Å²) in [7, 11) is 0. The number of alkyl carbamates (subject to hydrolysis) is 1. The van der Waals surface area contributed by atoms with Gasteiger partial charge in [-0.05, 0) is 33.6 Å². The minimum atomic E-state index is -0.529.